The third-order valence-corrected chi connectivity index (χ3v) is 1.72. The molecule has 1 fully saturated rings. The van der Waals surface area contributed by atoms with Gasteiger partial charge >= 0.3 is 0 Å². The van der Waals surface area contributed by atoms with E-state index in [1.807, 2.05) is 6.92 Å². The normalized spacial score (nSPS) is 33.0. The summed E-state index contributed by atoms with van der Waals surface area (Å²) < 4.78 is 5.19. The van der Waals surface area contributed by atoms with E-state index in [2.05, 4.69) is 5.32 Å². The van der Waals surface area contributed by atoms with Gasteiger partial charge in [-0.2, -0.15) is 0 Å². The molecule has 2 N–H and O–H groups in total. The van der Waals surface area contributed by atoms with Gasteiger partial charge in [0.1, 0.15) is 0 Å². The Hall–Kier alpha value is -0.120. The minimum atomic E-state index is -0.162. The first-order chi connectivity index (χ1) is 4.83. The molecule has 0 bridgehead atoms. The summed E-state index contributed by atoms with van der Waals surface area (Å²) in [6.07, 6.45) is 0.672. The Balaban J connectivity index is 2.06. The maximum atomic E-state index is 9.08. The van der Waals surface area contributed by atoms with Gasteiger partial charge in [0.25, 0.3) is 0 Å². The summed E-state index contributed by atoms with van der Waals surface area (Å²) in [7, 11) is 0. The maximum Gasteiger partial charge on any atom is 0.0680 e. The molecule has 1 heterocycles. The zero-order chi connectivity index (χ0) is 7.40. The monoisotopic (exact) mass is 145 g/mol. The lowest BCUT2D eigenvalue weighted by Gasteiger charge is -2.08. The SMILES string of the molecule is CCOCC1CC(O)CN1. The van der Waals surface area contributed by atoms with Crippen LogP contribution in [0, 0.1) is 0 Å². The largest absolute Gasteiger partial charge is 0.392 e. The molecule has 0 spiro atoms. The third-order valence-electron chi connectivity index (χ3n) is 1.72. The first-order valence-electron chi connectivity index (χ1n) is 3.82. The molecule has 0 aromatic heterocycles. The topological polar surface area (TPSA) is 41.5 Å². The summed E-state index contributed by atoms with van der Waals surface area (Å²) >= 11 is 0. The summed E-state index contributed by atoms with van der Waals surface area (Å²) in [6, 6.07) is 0.370. The van der Waals surface area contributed by atoms with Crippen LogP contribution in [0.1, 0.15) is 13.3 Å². The number of β-amino-alcohol motifs (C(OH)–C–C–N with tert-alkyl or cyclic N) is 1. The fourth-order valence-electron chi connectivity index (χ4n) is 1.18. The molecule has 0 amide bonds. The second-order valence-electron chi connectivity index (χ2n) is 2.65. The molecule has 0 aromatic rings. The van der Waals surface area contributed by atoms with Crippen molar-refractivity contribution in [3.05, 3.63) is 0 Å². The molecule has 2 atom stereocenters. The Morgan fingerprint density at radius 1 is 1.70 bits per heavy atom. The van der Waals surface area contributed by atoms with Gasteiger partial charge in [-0.05, 0) is 13.3 Å². The summed E-state index contributed by atoms with van der Waals surface area (Å²) in [4.78, 5) is 0. The van der Waals surface area contributed by atoms with E-state index in [-0.39, 0.29) is 6.10 Å². The van der Waals surface area contributed by atoms with Gasteiger partial charge in [0, 0.05) is 19.2 Å². The molecule has 3 heteroatoms. The zero-order valence-electron chi connectivity index (χ0n) is 6.34. The van der Waals surface area contributed by atoms with Crippen molar-refractivity contribution in [3.63, 3.8) is 0 Å². The van der Waals surface area contributed by atoms with Gasteiger partial charge in [-0.15, -0.1) is 0 Å². The van der Waals surface area contributed by atoms with Gasteiger partial charge in [0.05, 0.1) is 12.7 Å². The molecular formula is C7H15NO2. The quantitative estimate of drug-likeness (QED) is 0.575. The van der Waals surface area contributed by atoms with Gasteiger partial charge in [-0.3, -0.25) is 0 Å². The van der Waals surface area contributed by atoms with Crippen LogP contribution in [0.2, 0.25) is 0 Å². The number of aliphatic hydroxyl groups excluding tert-OH is 1. The van der Waals surface area contributed by atoms with Crippen LogP contribution in [0.25, 0.3) is 0 Å². The zero-order valence-corrected chi connectivity index (χ0v) is 6.34. The smallest absolute Gasteiger partial charge is 0.0680 e. The molecule has 10 heavy (non-hydrogen) atoms. The number of hydrogen-bond acceptors (Lipinski definition) is 3. The standard InChI is InChI=1S/C7H15NO2/c1-2-10-5-6-3-7(9)4-8-6/h6-9H,2-5H2,1H3. The van der Waals surface area contributed by atoms with Gasteiger partial charge in [0.15, 0.2) is 0 Å². The Morgan fingerprint density at radius 3 is 3.00 bits per heavy atom. The highest BCUT2D eigenvalue weighted by molar-refractivity contribution is 4.80. The van der Waals surface area contributed by atoms with Crippen molar-refractivity contribution in [2.45, 2.75) is 25.5 Å². The van der Waals surface area contributed by atoms with Crippen molar-refractivity contribution in [1.82, 2.24) is 5.32 Å². The van der Waals surface area contributed by atoms with E-state index in [9.17, 15) is 0 Å². The van der Waals surface area contributed by atoms with Crippen LogP contribution >= 0.6 is 0 Å². The van der Waals surface area contributed by atoms with E-state index in [4.69, 9.17) is 9.84 Å². The van der Waals surface area contributed by atoms with Crippen LogP contribution in [0.15, 0.2) is 0 Å². The highest BCUT2D eigenvalue weighted by Gasteiger charge is 2.21. The van der Waals surface area contributed by atoms with E-state index in [1.165, 1.54) is 0 Å². The molecule has 1 aliphatic rings. The van der Waals surface area contributed by atoms with E-state index >= 15 is 0 Å². The Kier molecular flexibility index (Phi) is 3.12. The van der Waals surface area contributed by atoms with Crippen molar-refractivity contribution >= 4 is 0 Å². The fourth-order valence-corrected chi connectivity index (χ4v) is 1.18. The van der Waals surface area contributed by atoms with Crippen molar-refractivity contribution in [2.75, 3.05) is 19.8 Å². The molecule has 60 valence electrons. The van der Waals surface area contributed by atoms with E-state index < -0.39 is 0 Å². The van der Waals surface area contributed by atoms with Crippen LogP contribution in [0.4, 0.5) is 0 Å². The average molecular weight is 145 g/mol. The molecular weight excluding hydrogens is 130 g/mol. The molecule has 1 rings (SSSR count). The first kappa shape index (κ1) is 7.98. The molecule has 1 aliphatic heterocycles. The minimum Gasteiger partial charge on any atom is -0.392 e. The van der Waals surface area contributed by atoms with Gasteiger partial charge in [-0.25, -0.2) is 0 Å². The Labute approximate surface area is 61.4 Å². The third kappa shape index (κ3) is 2.25. The molecule has 0 radical (unpaired) electrons. The number of ether oxygens (including phenoxy) is 1. The lowest BCUT2D eigenvalue weighted by molar-refractivity contribution is 0.121. The summed E-state index contributed by atoms with van der Waals surface area (Å²) in [6.45, 7) is 4.19. The Bertz CT molecular complexity index is 97.6. The number of nitrogens with one attached hydrogen (secondary N) is 1. The van der Waals surface area contributed by atoms with E-state index in [0.29, 0.717) is 6.04 Å². The van der Waals surface area contributed by atoms with Gasteiger partial charge in [0.2, 0.25) is 0 Å². The molecule has 1 saturated heterocycles. The summed E-state index contributed by atoms with van der Waals surface area (Å²) in [5, 5.41) is 12.2. The number of rotatable bonds is 3. The van der Waals surface area contributed by atoms with Gasteiger partial charge < -0.3 is 15.2 Å². The molecule has 2 unspecified atom stereocenters. The Morgan fingerprint density at radius 2 is 2.50 bits per heavy atom. The van der Waals surface area contributed by atoms with Crippen LogP contribution in [-0.4, -0.2) is 37.0 Å². The van der Waals surface area contributed by atoms with E-state index in [1.54, 1.807) is 0 Å². The number of aliphatic hydroxyl groups is 1. The highest BCUT2D eigenvalue weighted by atomic mass is 16.5. The van der Waals surface area contributed by atoms with Gasteiger partial charge in [-0.1, -0.05) is 0 Å². The fraction of sp³-hybridized carbons (Fsp3) is 1.00. The summed E-state index contributed by atoms with van der Waals surface area (Å²) in [5.41, 5.74) is 0. The lowest BCUT2D eigenvalue weighted by atomic mass is 10.2. The van der Waals surface area contributed by atoms with Crippen LogP contribution in [0.5, 0.6) is 0 Å². The minimum absolute atomic E-state index is 0.162. The summed E-state index contributed by atoms with van der Waals surface area (Å²) in [5.74, 6) is 0. The first-order valence-corrected chi connectivity index (χ1v) is 3.82. The molecule has 0 saturated carbocycles. The maximum absolute atomic E-state index is 9.08. The number of hydrogen-bond donors (Lipinski definition) is 2. The van der Waals surface area contributed by atoms with Crippen molar-refractivity contribution in [2.24, 2.45) is 0 Å². The lowest BCUT2D eigenvalue weighted by Crippen LogP contribution is -2.26. The van der Waals surface area contributed by atoms with Crippen LogP contribution < -0.4 is 5.32 Å². The molecule has 0 aromatic carbocycles. The predicted octanol–water partition coefficient (Wildman–Crippen LogP) is -0.254. The molecule has 3 nitrogen and oxygen atoms in total. The second-order valence-corrected chi connectivity index (χ2v) is 2.65. The van der Waals surface area contributed by atoms with Crippen LogP contribution in [-0.2, 0) is 4.74 Å². The second kappa shape index (κ2) is 3.91. The molecule has 0 aliphatic carbocycles. The van der Waals surface area contributed by atoms with Crippen molar-refractivity contribution in [3.8, 4) is 0 Å². The average Bonchev–Trinajstić information content (AvgIpc) is 2.31. The van der Waals surface area contributed by atoms with Crippen molar-refractivity contribution < 1.29 is 9.84 Å². The highest BCUT2D eigenvalue weighted by Crippen LogP contribution is 2.05. The van der Waals surface area contributed by atoms with Crippen LogP contribution in [0.3, 0.4) is 0 Å². The van der Waals surface area contributed by atoms with Crippen molar-refractivity contribution in [1.29, 1.82) is 0 Å². The van der Waals surface area contributed by atoms with E-state index in [0.717, 1.165) is 26.2 Å². The predicted molar refractivity (Wildman–Crippen MR) is 38.9 cm³/mol.